The van der Waals surface area contributed by atoms with Crippen molar-refractivity contribution in [1.82, 2.24) is 4.98 Å². The van der Waals surface area contributed by atoms with Gasteiger partial charge in [-0.25, -0.2) is 4.98 Å². The molecule has 90 valence electrons. The van der Waals surface area contributed by atoms with Crippen LogP contribution in [-0.2, 0) is 6.18 Å². The molecule has 0 radical (unpaired) electrons. The van der Waals surface area contributed by atoms with Gasteiger partial charge in [0.1, 0.15) is 11.5 Å². The average molecular weight is 306 g/mol. The number of aromatic nitrogens is 1. The minimum absolute atomic E-state index is 0.143. The van der Waals surface area contributed by atoms with E-state index in [-0.39, 0.29) is 11.5 Å². The standard InChI is InChI=1S/C11H7BrF3NO/c1-6-9(7-4-2-3-5-8(7)12)16-10(17-6)11(13,14)15/h2-5H,1H3. The zero-order valence-corrected chi connectivity index (χ0v) is 10.3. The van der Waals surface area contributed by atoms with Crippen LogP contribution in [-0.4, -0.2) is 4.98 Å². The van der Waals surface area contributed by atoms with Crippen molar-refractivity contribution in [2.75, 3.05) is 0 Å². The number of hydrogen-bond donors (Lipinski definition) is 0. The molecule has 1 aromatic heterocycles. The van der Waals surface area contributed by atoms with E-state index in [1.807, 2.05) is 0 Å². The van der Waals surface area contributed by atoms with Gasteiger partial charge in [0.2, 0.25) is 0 Å². The highest BCUT2D eigenvalue weighted by Gasteiger charge is 2.38. The van der Waals surface area contributed by atoms with E-state index in [0.29, 0.717) is 10.0 Å². The Morgan fingerprint density at radius 1 is 1.24 bits per heavy atom. The van der Waals surface area contributed by atoms with E-state index in [1.54, 1.807) is 24.3 Å². The Morgan fingerprint density at radius 3 is 2.41 bits per heavy atom. The summed E-state index contributed by atoms with van der Waals surface area (Å²) in [5, 5.41) is 0. The first-order valence-electron chi connectivity index (χ1n) is 4.69. The van der Waals surface area contributed by atoms with Crippen LogP contribution in [0.4, 0.5) is 13.2 Å². The minimum atomic E-state index is -4.57. The van der Waals surface area contributed by atoms with E-state index in [9.17, 15) is 13.2 Å². The molecule has 6 heteroatoms. The number of alkyl halides is 3. The van der Waals surface area contributed by atoms with Gasteiger partial charge in [-0.05, 0) is 13.0 Å². The van der Waals surface area contributed by atoms with Gasteiger partial charge in [-0.1, -0.05) is 34.1 Å². The second kappa shape index (κ2) is 4.18. The predicted octanol–water partition coefficient (Wildman–Crippen LogP) is 4.43. The average Bonchev–Trinajstić information content (AvgIpc) is 2.61. The van der Waals surface area contributed by atoms with Crippen molar-refractivity contribution in [3.63, 3.8) is 0 Å². The molecule has 0 atom stereocenters. The van der Waals surface area contributed by atoms with Gasteiger partial charge in [-0.2, -0.15) is 13.2 Å². The third-order valence-corrected chi connectivity index (χ3v) is 2.86. The lowest BCUT2D eigenvalue weighted by Crippen LogP contribution is -2.04. The normalized spacial score (nSPS) is 11.8. The van der Waals surface area contributed by atoms with E-state index in [0.717, 1.165) is 0 Å². The molecule has 0 N–H and O–H groups in total. The van der Waals surface area contributed by atoms with Crippen LogP contribution in [0.15, 0.2) is 33.2 Å². The molecule has 17 heavy (non-hydrogen) atoms. The second-order valence-corrected chi connectivity index (χ2v) is 4.26. The van der Waals surface area contributed by atoms with Crippen LogP contribution in [0.2, 0.25) is 0 Å². The molecular formula is C11H7BrF3NO. The van der Waals surface area contributed by atoms with E-state index >= 15 is 0 Å². The molecule has 0 aliphatic carbocycles. The third-order valence-electron chi connectivity index (χ3n) is 2.17. The van der Waals surface area contributed by atoms with Crippen LogP contribution >= 0.6 is 15.9 Å². The molecule has 0 bridgehead atoms. The first-order chi connectivity index (χ1) is 7.89. The Kier molecular flexibility index (Phi) is 2.99. The topological polar surface area (TPSA) is 26.0 Å². The molecule has 1 aromatic carbocycles. The molecule has 0 aliphatic heterocycles. The van der Waals surface area contributed by atoms with Crippen molar-refractivity contribution in [3.8, 4) is 11.3 Å². The number of aryl methyl sites for hydroxylation is 1. The first-order valence-corrected chi connectivity index (χ1v) is 5.48. The van der Waals surface area contributed by atoms with Crippen LogP contribution < -0.4 is 0 Å². The van der Waals surface area contributed by atoms with E-state index in [4.69, 9.17) is 0 Å². The van der Waals surface area contributed by atoms with E-state index in [1.165, 1.54) is 6.92 Å². The zero-order valence-electron chi connectivity index (χ0n) is 8.68. The summed E-state index contributed by atoms with van der Waals surface area (Å²) >= 11 is 3.26. The molecular weight excluding hydrogens is 299 g/mol. The van der Waals surface area contributed by atoms with Crippen molar-refractivity contribution >= 4 is 15.9 Å². The van der Waals surface area contributed by atoms with Gasteiger partial charge in [-0.15, -0.1) is 0 Å². The molecule has 0 spiro atoms. The van der Waals surface area contributed by atoms with Gasteiger partial charge in [0.05, 0.1) is 0 Å². The predicted molar refractivity (Wildman–Crippen MR) is 59.4 cm³/mol. The lowest BCUT2D eigenvalue weighted by Gasteiger charge is -2.00. The Balaban J connectivity index is 2.55. The summed E-state index contributed by atoms with van der Waals surface area (Å²) in [5.41, 5.74) is 0.772. The van der Waals surface area contributed by atoms with Crippen LogP contribution in [0, 0.1) is 6.92 Å². The lowest BCUT2D eigenvalue weighted by molar-refractivity contribution is -0.157. The maximum atomic E-state index is 12.4. The molecule has 0 amide bonds. The third kappa shape index (κ3) is 2.36. The minimum Gasteiger partial charge on any atom is -0.438 e. The number of benzene rings is 1. The van der Waals surface area contributed by atoms with Crippen molar-refractivity contribution in [2.24, 2.45) is 0 Å². The smallest absolute Gasteiger partial charge is 0.438 e. The largest absolute Gasteiger partial charge is 0.468 e. The molecule has 0 unspecified atom stereocenters. The molecule has 2 aromatic rings. The molecule has 0 saturated heterocycles. The summed E-state index contributed by atoms with van der Waals surface area (Å²) in [4.78, 5) is 3.49. The van der Waals surface area contributed by atoms with E-state index < -0.39 is 12.1 Å². The van der Waals surface area contributed by atoms with E-state index in [2.05, 4.69) is 25.3 Å². The fraction of sp³-hybridized carbons (Fsp3) is 0.182. The maximum Gasteiger partial charge on any atom is 0.468 e. The molecule has 0 aliphatic rings. The molecule has 0 fully saturated rings. The van der Waals surface area contributed by atoms with Gasteiger partial charge in [-0.3, -0.25) is 0 Å². The Labute approximate surface area is 104 Å². The summed E-state index contributed by atoms with van der Waals surface area (Å²) < 4.78 is 42.6. The highest BCUT2D eigenvalue weighted by molar-refractivity contribution is 9.10. The van der Waals surface area contributed by atoms with Crippen molar-refractivity contribution in [2.45, 2.75) is 13.1 Å². The molecule has 0 saturated carbocycles. The lowest BCUT2D eigenvalue weighted by atomic mass is 10.1. The number of nitrogens with zero attached hydrogens (tertiary/aromatic N) is 1. The molecule has 1 heterocycles. The van der Waals surface area contributed by atoms with Crippen molar-refractivity contribution in [3.05, 3.63) is 40.4 Å². The van der Waals surface area contributed by atoms with Crippen LogP contribution in [0.5, 0.6) is 0 Å². The summed E-state index contributed by atoms with van der Waals surface area (Å²) in [6.07, 6.45) is -4.57. The number of oxazole rings is 1. The van der Waals surface area contributed by atoms with Crippen molar-refractivity contribution in [1.29, 1.82) is 0 Å². The second-order valence-electron chi connectivity index (χ2n) is 3.40. The Morgan fingerprint density at radius 2 is 1.88 bits per heavy atom. The van der Waals surface area contributed by atoms with Gasteiger partial charge >= 0.3 is 12.1 Å². The quantitative estimate of drug-likeness (QED) is 0.779. The zero-order chi connectivity index (χ0) is 12.6. The maximum absolute atomic E-state index is 12.4. The fourth-order valence-electron chi connectivity index (χ4n) is 1.42. The fourth-order valence-corrected chi connectivity index (χ4v) is 1.89. The van der Waals surface area contributed by atoms with Gasteiger partial charge in [0.15, 0.2) is 0 Å². The Bertz CT molecular complexity index is 548. The van der Waals surface area contributed by atoms with Crippen LogP contribution in [0.3, 0.4) is 0 Å². The number of rotatable bonds is 1. The summed E-state index contributed by atoms with van der Waals surface area (Å²) in [6.45, 7) is 1.46. The number of halogens is 4. The highest BCUT2D eigenvalue weighted by atomic mass is 79.9. The van der Waals surface area contributed by atoms with Crippen LogP contribution in [0.1, 0.15) is 11.7 Å². The van der Waals surface area contributed by atoms with Gasteiger partial charge in [0, 0.05) is 10.0 Å². The first kappa shape index (κ1) is 12.2. The summed E-state index contributed by atoms with van der Waals surface area (Å²) in [5.74, 6) is -1.08. The summed E-state index contributed by atoms with van der Waals surface area (Å²) in [7, 11) is 0. The van der Waals surface area contributed by atoms with Gasteiger partial charge < -0.3 is 4.42 Å². The van der Waals surface area contributed by atoms with Crippen molar-refractivity contribution < 1.29 is 17.6 Å². The number of hydrogen-bond acceptors (Lipinski definition) is 2. The Hall–Kier alpha value is -1.30. The molecule has 2 rings (SSSR count). The van der Waals surface area contributed by atoms with Gasteiger partial charge in [0.25, 0.3) is 0 Å². The molecule has 2 nitrogen and oxygen atoms in total. The summed E-state index contributed by atoms with van der Waals surface area (Å²) in [6, 6.07) is 6.90. The highest BCUT2D eigenvalue weighted by Crippen LogP contribution is 2.35. The SMILES string of the molecule is Cc1oc(C(F)(F)F)nc1-c1ccccc1Br. The van der Waals surface area contributed by atoms with Crippen LogP contribution in [0.25, 0.3) is 11.3 Å². The monoisotopic (exact) mass is 305 g/mol.